The average molecular weight is 292 g/mol. The molecule has 21 heavy (non-hydrogen) atoms. The number of nitrogens with one attached hydrogen (secondary N) is 1. The SMILES string of the molecule is CCC(CC)N(CCO)CC(=O)Nc1cccc(C)c1C. The zero-order valence-electron chi connectivity index (χ0n) is 13.6. The number of nitrogens with zero attached hydrogens (tertiary/aromatic N) is 1. The van der Waals surface area contributed by atoms with Gasteiger partial charge in [0, 0.05) is 18.3 Å². The lowest BCUT2D eigenvalue weighted by Crippen LogP contribution is -2.42. The first-order chi connectivity index (χ1) is 10.0. The monoisotopic (exact) mass is 292 g/mol. The molecule has 118 valence electrons. The van der Waals surface area contributed by atoms with E-state index in [0.717, 1.165) is 24.1 Å². The molecule has 0 spiro atoms. The van der Waals surface area contributed by atoms with E-state index >= 15 is 0 Å². The maximum atomic E-state index is 12.3. The van der Waals surface area contributed by atoms with Crippen LogP contribution in [0.15, 0.2) is 18.2 Å². The van der Waals surface area contributed by atoms with E-state index < -0.39 is 0 Å². The fraction of sp³-hybridized carbons (Fsp3) is 0.588. The van der Waals surface area contributed by atoms with Crippen molar-refractivity contribution in [2.75, 3.05) is 25.0 Å². The second kappa shape index (κ2) is 8.80. The van der Waals surface area contributed by atoms with E-state index in [1.807, 2.05) is 32.0 Å². The second-order valence-corrected chi connectivity index (χ2v) is 5.46. The first-order valence-electron chi connectivity index (χ1n) is 7.74. The number of carbonyl (C=O) groups excluding carboxylic acids is 1. The van der Waals surface area contributed by atoms with E-state index in [9.17, 15) is 9.90 Å². The van der Waals surface area contributed by atoms with Gasteiger partial charge in [-0.1, -0.05) is 26.0 Å². The molecule has 0 aromatic heterocycles. The Balaban J connectivity index is 2.71. The highest BCUT2D eigenvalue weighted by atomic mass is 16.3. The highest BCUT2D eigenvalue weighted by Gasteiger charge is 2.18. The number of benzene rings is 1. The van der Waals surface area contributed by atoms with E-state index in [1.54, 1.807) is 0 Å². The molecule has 0 saturated heterocycles. The number of aliphatic hydroxyl groups is 1. The zero-order valence-corrected chi connectivity index (χ0v) is 13.6. The van der Waals surface area contributed by atoms with Gasteiger partial charge in [0.2, 0.25) is 5.91 Å². The van der Waals surface area contributed by atoms with Crippen molar-refractivity contribution in [3.8, 4) is 0 Å². The van der Waals surface area contributed by atoms with Gasteiger partial charge >= 0.3 is 0 Å². The Labute approximate surface area is 128 Å². The second-order valence-electron chi connectivity index (χ2n) is 5.46. The number of aryl methyl sites for hydroxylation is 1. The molecule has 1 aromatic rings. The number of hydrogen-bond acceptors (Lipinski definition) is 3. The van der Waals surface area contributed by atoms with Gasteiger partial charge < -0.3 is 10.4 Å². The molecule has 0 unspecified atom stereocenters. The topological polar surface area (TPSA) is 52.6 Å². The summed E-state index contributed by atoms with van der Waals surface area (Å²) in [6.07, 6.45) is 1.96. The van der Waals surface area contributed by atoms with E-state index in [4.69, 9.17) is 0 Å². The van der Waals surface area contributed by atoms with Crippen LogP contribution < -0.4 is 5.32 Å². The first kappa shape index (κ1) is 17.7. The number of amides is 1. The molecular formula is C17H28N2O2. The van der Waals surface area contributed by atoms with Crippen molar-refractivity contribution in [1.82, 2.24) is 4.90 Å². The minimum Gasteiger partial charge on any atom is -0.395 e. The quantitative estimate of drug-likeness (QED) is 0.774. The average Bonchev–Trinajstić information content (AvgIpc) is 2.45. The molecule has 0 aliphatic rings. The standard InChI is InChI=1S/C17H28N2O2/c1-5-15(6-2)19(10-11-20)12-17(21)18-16-9-7-8-13(3)14(16)4/h7-9,15,20H,5-6,10-12H2,1-4H3,(H,18,21). The van der Waals surface area contributed by atoms with Crippen LogP contribution in [0.4, 0.5) is 5.69 Å². The van der Waals surface area contributed by atoms with Gasteiger partial charge in [-0.05, 0) is 43.9 Å². The molecule has 1 rings (SSSR count). The fourth-order valence-electron chi connectivity index (χ4n) is 2.58. The summed E-state index contributed by atoms with van der Waals surface area (Å²) in [5, 5.41) is 12.2. The van der Waals surface area contributed by atoms with Gasteiger partial charge in [-0.2, -0.15) is 0 Å². The Morgan fingerprint density at radius 2 is 1.95 bits per heavy atom. The lowest BCUT2D eigenvalue weighted by Gasteiger charge is -2.29. The maximum absolute atomic E-state index is 12.3. The minimum atomic E-state index is -0.0240. The van der Waals surface area contributed by atoms with Gasteiger partial charge in [-0.3, -0.25) is 9.69 Å². The van der Waals surface area contributed by atoms with Crippen molar-refractivity contribution < 1.29 is 9.90 Å². The molecule has 1 aromatic carbocycles. The van der Waals surface area contributed by atoms with Crippen LogP contribution in [0.5, 0.6) is 0 Å². The van der Waals surface area contributed by atoms with Crippen LogP contribution in [-0.2, 0) is 4.79 Å². The Kier molecular flexibility index (Phi) is 7.40. The number of anilines is 1. The van der Waals surface area contributed by atoms with Crippen LogP contribution in [0.25, 0.3) is 0 Å². The van der Waals surface area contributed by atoms with Gasteiger partial charge in [-0.15, -0.1) is 0 Å². The van der Waals surface area contributed by atoms with E-state index in [0.29, 0.717) is 19.1 Å². The molecule has 0 bridgehead atoms. The van der Waals surface area contributed by atoms with Crippen LogP contribution in [0.3, 0.4) is 0 Å². The van der Waals surface area contributed by atoms with Crippen LogP contribution in [0.2, 0.25) is 0 Å². The van der Waals surface area contributed by atoms with Crippen LogP contribution >= 0.6 is 0 Å². The van der Waals surface area contributed by atoms with E-state index in [1.165, 1.54) is 5.56 Å². The normalized spacial score (nSPS) is 11.2. The van der Waals surface area contributed by atoms with Crippen molar-refractivity contribution in [2.24, 2.45) is 0 Å². The number of rotatable bonds is 8. The molecule has 2 N–H and O–H groups in total. The lowest BCUT2D eigenvalue weighted by atomic mass is 10.1. The summed E-state index contributed by atoms with van der Waals surface area (Å²) in [6.45, 7) is 9.20. The molecule has 0 heterocycles. The molecule has 0 aliphatic heterocycles. The van der Waals surface area contributed by atoms with E-state index in [2.05, 4.69) is 24.1 Å². The molecule has 0 saturated carbocycles. The van der Waals surface area contributed by atoms with Crippen LogP contribution in [0, 0.1) is 13.8 Å². The van der Waals surface area contributed by atoms with Gasteiger partial charge in [0.25, 0.3) is 0 Å². The van der Waals surface area contributed by atoms with Gasteiger partial charge in [0.05, 0.1) is 13.2 Å². The highest BCUT2D eigenvalue weighted by molar-refractivity contribution is 5.93. The van der Waals surface area contributed by atoms with Crippen molar-refractivity contribution in [1.29, 1.82) is 0 Å². The smallest absolute Gasteiger partial charge is 0.238 e. The summed E-state index contributed by atoms with van der Waals surface area (Å²) in [5.74, 6) is -0.0240. The van der Waals surface area contributed by atoms with Crippen molar-refractivity contribution in [3.63, 3.8) is 0 Å². The summed E-state index contributed by atoms with van der Waals surface area (Å²) in [7, 11) is 0. The summed E-state index contributed by atoms with van der Waals surface area (Å²) in [4.78, 5) is 14.3. The number of hydrogen-bond donors (Lipinski definition) is 2. The van der Waals surface area contributed by atoms with Gasteiger partial charge in [0.1, 0.15) is 0 Å². The first-order valence-corrected chi connectivity index (χ1v) is 7.74. The molecule has 0 radical (unpaired) electrons. The minimum absolute atomic E-state index is 0.0240. The van der Waals surface area contributed by atoms with Crippen molar-refractivity contribution in [3.05, 3.63) is 29.3 Å². The Morgan fingerprint density at radius 1 is 1.29 bits per heavy atom. The van der Waals surface area contributed by atoms with Gasteiger partial charge in [0.15, 0.2) is 0 Å². The predicted octanol–water partition coefficient (Wildman–Crippen LogP) is 2.72. The van der Waals surface area contributed by atoms with Crippen LogP contribution in [0.1, 0.15) is 37.8 Å². The predicted molar refractivity (Wildman–Crippen MR) is 87.6 cm³/mol. The maximum Gasteiger partial charge on any atom is 0.238 e. The molecule has 4 heteroatoms. The molecule has 0 fully saturated rings. The number of carbonyl (C=O) groups is 1. The fourth-order valence-corrected chi connectivity index (χ4v) is 2.58. The molecule has 0 aliphatic carbocycles. The Bertz CT molecular complexity index is 456. The van der Waals surface area contributed by atoms with Crippen molar-refractivity contribution in [2.45, 2.75) is 46.6 Å². The summed E-state index contributed by atoms with van der Waals surface area (Å²) < 4.78 is 0. The molecule has 1 amide bonds. The third-order valence-electron chi connectivity index (χ3n) is 4.07. The largest absolute Gasteiger partial charge is 0.395 e. The molecular weight excluding hydrogens is 264 g/mol. The van der Waals surface area contributed by atoms with E-state index in [-0.39, 0.29) is 12.5 Å². The van der Waals surface area contributed by atoms with Gasteiger partial charge in [-0.25, -0.2) is 0 Å². The Morgan fingerprint density at radius 3 is 2.52 bits per heavy atom. The zero-order chi connectivity index (χ0) is 15.8. The molecule has 0 atom stereocenters. The third-order valence-corrected chi connectivity index (χ3v) is 4.07. The third kappa shape index (κ3) is 5.14. The summed E-state index contributed by atoms with van der Waals surface area (Å²) in [6, 6.07) is 6.24. The highest BCUT2D eigenvalue weighted by Crippen LogP contribution is 2.18. The Hall–Kier alpha value is -1.39. The lowest BCUT2D eigenvalue weighted by molar-refractivity contribution is -0.118. The summed E-state index contributed by atoms with van der Waals surface area (Å²) >= 11 is 0. The summed E-state index contributed by atoms with van der Waals surface area (Å²) in [5.41, 5.74) is 3.13. The van der Waals surface area contributed by atoms with Crippen LogP contribution in [-0.4, -0.2) is 41.7 Å². The van der Waals surface area contributed by atoms with Crippen molar-refractivity contribution >= 4 is 11.6 Å². The molecule has 4 nitrogen and oxygen atoms in total. The number of aliphatic hydroxyl groups excluding tert-OH is 1.